The summed E-state index contributed by atoms with van der Waals surface area (Å²) < 4.78 is 5.28. The van der Waals surface area contributed by atoms with Crippen molar-refractivity contribution in [2.45, 2.75) is 13.8 Å². The molecule has 0 radical (unpaired) electrons. The highest BCUT2D eigenvalue weighted by Gasteiger charge is 2.26. The lowest BCUT2D eigenvalue weighted by molar-refractivity contribution is -0.117. The summed E-state index contributed by atoms with van der Waals surface area (Å²) in [7, 11) is 11.4. The van der Waals surface area contributed by atoms with Crippen molar-refractivity contribution in [3.05, 3.63) is 41.0 Å². The van der Waals surface area contributed by atoms with E-state index >= 15 is 0 Å². The van der Waals surface area contributed by atoms with E-state index in [9.17, 15) is 9.59 Å². The van der Waals surface area contributed by atoms with Crippen LogP contribution in [-0.2, 0) is 13.4 Å². The Hall–Kier alpha value is -0.498. The summed E-state index contributed by atoms with van der Waals surface area (Å²) >= 11 is 2.90. The van der Waals surface area contributed by atoms with Gasteiger partial charge in [-0.2, -0.15) is 20.1 Å². The lowest BCUT2D eigenvalue weighted by Crippen LogP contribution is -2.12. The van der Waals surface area contributed by atoms with Gasteiger partial charge >= 0.3 is 12.6 Å². The molecule has 0 aliphatic heterocycles. The van der Waals surface area contributed by atoms with E-state index in [1.54, 1.807) is 12.1 Å². The zero-order chi connectivity index (χ0) is 14.6. The van der Waals surface area contributed by atoms with Crippen LogP contribution in [0.25, 0.3) is 5.76 Å². The van der Waals surface area contributed by atoms with Gasteiger partial charge in [-0.05, 0) is 25.4 Å². The van der Waals surface area contributed by atoms with E-state index in [4.69, 9.17) is 35.5 Å². The van der Waals surface area contributed by atoms with Crippen LogP contribution < -0.4 is 0 Å². The van der Waals surface area contributed by atoms with Crippen molar-refractivity contribution in [2.75, 3.05) is 0 Å². The largest absolute Gasteiger partial charge is 0.815 e. The average Bonchev–Trinajstić information content (AvgIpc) is 2.27. The summed E-state index contributed by atoms with van der Waals surface area (Å²) in [4.78, 5) is 22.9. The maximum atomic E-state index is 11.5. The summed E-state index contributed by atoms with van der Waals surface area (Å²) in [5.41, 5.74) is 1.31. The van der Waals surface area contributed by atoms with Gasteiger partial charge in [0, 0.05) is 5.56 Å². The first-order valence-electron chi connectivity index (χ1n) is 5.29. The second kappa shape index (κ2) is 7.33. The summed E-state index contributed by atoms with van der Waals surface area (Å²) in [6, 6.07) is 7.04. The molecule has 0 fully saturated rings. The molecule has 0 atom stereocenters. The monoisotopic (exact) mass is 334 g/mol. The van der Waals surface area contributed by atoms with Crippen LogP contribution in [0.2, 0.25) is 0 Å². The van der Waals surface area contributed by atoms with Crippen molar-refractivity contribution in [3.63, 3.8) is 0 Å². The lowest BCUT2D eigenvalue weighted by atomic mass is 10.1. The maximum absolute atomic E-state index is 11.5. The molecule has 1 aromatic rings. The molecule has 0 amide bonds. The van der Waals surface area contributed by atoms with E-state index < -0.39 is 23.7 Å². The Morgan fingerprint density at radius 1 is 1.16 bits per heavy atom. The molecule has 3 nitrogen and oxygen atoms in total. The number of halogens is 3. The van der Waals surface area contributed by atoms with Crippen molar-refractivity contribution in [1.82, 2.24) is 0 Å². The summed E-state index contributed by atoms with van der Waals surface area (Å²) in [6.45, 7) is 3.14. The van der Waals surface area contributed by atoms with E-state index in [2.05, 4.69) is 0 Å². The van der Waals surface area contributed by atoms with Gasteiger partial charge in [-0.15, -0.1) is 0 Å². The molecule has 0 aromatic heterocycles. The second-order valence-electron chi connectivity index (χ2n) is 3.78. The predicted molar refractivity (Wildman–Crippen MR) is 78.2 cm³/mol. The molecule has 1 rings (SSSR count). The highest BCUT2D eigenvalue weighted by atomic mass is 35.7. The van der Waals surface area contributed by atoms with Gasteiger partial charge in [0.2, 0.25) is 0 Å². The van der Waals surface area contributed by atoms with Crippen LogP contribution in [0.15, 0.2) is 29.8 Å². The number of Topliss-reactive ketones (excluding diaryl/α,β-unsaturated/α-hetero) is 1. The minimum Gasteiger partial charge on any atom is -0.619 e. The Kier molecular flexibility index (Phi) is 6.39. The van der Waals surface area contributed by atoms with E-state index in [0.717, 1.165) is 5.56 Å². The third-order valence-corrected chi connectivity index (χ3v) is 3.43. The van der Waals surface area contributed by atoms with Crippen molar-refractivity contribution < 1.29 is 13.4 Å². The third kappa shape index (κ3) is 4.83. The summed E-state index contributed by atoms with van der Waals surface area (Å²) in [5.74, 6) is -0.465. The zero-order valence-corrected chi connectivity index (χ0v) is 13.7. The normalized spacial score (nSPS) is 11.6. The van der Waals surface area contributed by atoms with Crippen LogP contribution in [0, 0.1) is 6.92 Å². The molecular weight excluding hydrogens is 325 g/mol. The Morgan fingerprint density at radius 3 is 2.05 bits per heavy atom. The molecule has 0 aliphatic carbocycles. The predicted octanol–water partition coefficient (Wildman–Crippen LogP) is 3.54. The van der Waals surface area contributed by atoms with Gasteiger partial charge in [0.1, 0.15) is 11.3 Å². The average molecular weight is 336 g/mol. The van der Waals surface area contributed by atoms with Crippen LogP contribution in [0.4, 0.5) is 0 Å². The molecule has 0 unspecified atom stereocenters. The number of carbonyl (C=O) groups is 2. The van der Waals surface area contributed by atoms with Crippen molar-refractivity contribution in [1.29, 1.82) is 0 Å². The van der Waals surface area contributed by atoms with Gasteiger partial charge in [0.25, 0.3) is 5.24 Å². The topological polar surface area (TPSA) is 43.4 Å². The number of benzene rings is 1. The van der Waals surface area contributed by atoms with E-state index in [0.29, 0.717) is 5.56 Å². The standard InChI is InChI=1S/C12H11ClO3.Al.2ClH/c1-7-3-5-9(6-4-7)11(15)10(8(2)14)12(13)16;;;/h3-6,15H,1-2H3;;2*1H/q;+3;;/p-3/b11-10+;;;. The molecule has 0 spiro atoms. The van der Waals surface area contributed by atoms with Crippen LogP contribution in [0.5, 0.6) is 0 Å². The Labute approximate surface area is 129 Å². The van der Waals surface area contributed by atoms with Crippen molar-refractivity contribution >= 4 is 61.1 Å². The fraction of sp³-hybridized carbons (Fsp3) is 0.167. The Bertz CT molecular complexity index is 508. The Morgan fingerprint density at radius 2 is 1.68 bits per heavy atom. The van der Waals surface area contributed by atoms with Gasteiger partial charge in [-0.25, -0.2) is 0 Å². The maximum Gasteiger partial charge on any atom is 0.815 e. The van der Waals surface area contributed by atoms with Gasteiger partial charge in [0.15, 0.2) is 5.78 Å². The number of rotatable bonds is 5. The fourth-order valence-electron chi connectivity index (χ4n) is 1.45. The number of hydrogen-bond donors (Lipinski definition) is 0. The molecule has 0 saturated heterocycles. The number of hydrogen-bond acceptors (Lipinski definition) is 3. The molecule has 0 bridgehead atoms. The SMILES string of the molecule is CC(=O)/C(C(=O)Cl)=C(\[O][Al]([Cl])[Cl])c1ccc(C)cc1. The molecule has 19 heavy (non-hydrogen) atoms. The third-order valence-electron chi connectivity index (χ3n) is 2.30. The van der Waals surface area contributed by atoms with Crippen LogP contribution in [0.3, 0.4) is 0 Å². The van der Waals surface area contributed by atoms with Gasteiger partial charge in [-0.3, -0.25) is 9.59 Å². The zero-order valence-electron chi connectivity index (χ0n) is 10.2. The first kappa shape index (κ1) is 16.6. The van der Waals surface area contributed by atoms with Gasteiger partial charge in [0.05, 0.1) is 0 Å². The summed E-state index contributed by atoms with van der Waals surface area (Å²) in [5, 5.41) is -0.897. The minimum absolute atomic E-state index is 0.0363. The molecular formula is C12H10AlCl3O3. The molecule has 0 saturated carbocycles. The molecule has 0 aliphatic rings. The fourth-order valence-corrected chi connectivity index (χ4v) is 2.64. The van der Waals surface area contributed by atoms with Gasteiger partial charge in [-0.1, -0.05) is 29.8 Å². The second-order valence-corrected chi connectivity index (χ2v) is 7.93. The highest BCUT2D eigenvalue weighted by molar-refractivity contribution is 7.31. The van der Waals surface area contributed by atoms with E-state index in [-0.39, 0.29) is 11.3 Å². The Balaban J connectivity index is 3.42. The van der Waals surface area contributed by atoms with Crippen molar-refractivity contribution in [2.24, 2.45) is 0 Å². The minimum atomic E-state index is -2.53. The molecule has 100 valence electrons. The van der Waals surface area contributed by atoms with E-state index in [1.807, 2.05) is 19.1 Å². The van der Waals surface area contributed by atoms with Gasteiger partial charge < -0.3 is 3.79 Å². The molecule has 0 N–H and O–H groups in total. The summed E-state index contributed by atoms with van der Waals surface area (Å²) in [6.07, 6.45) is 0. The smallest absolute Gasteiger partial charge is 0.619 e. The molecule has 1 aromatic carbocycles. The molecule has 7 heteroatoms. The number of aryl methyl sites for hydroxylation is 1. The molecule has 0 heterocycles. The first-order chi connectivity index (χ1) is 8.82. The number of allylic oxidation sites excluding steroid dienone is 1. The number of ketones is 1. The van der Waals surface area contributed by atoms with E-state index in [1.165, 1.54) is 6.92 Å². The van der Waals surface area contributed by atoms with Crippen LogP contribution in [0.1, 0.15) is 18.1 Å². The van der Waals surface area contributed by atoms with Crippen LogP contribution >= 0.6 is 31.7 Å². The van der Waals surface area contributed by atoms with Crippen LogP contribution in [-0.4, -0.2) is 23.7 Å². The lowest BCUT2D eigenvalue weighted by Gasteiger charge is -2.14. The van der Waals surface area contributed by atoms with Crippen molar-refractivity contribution in [3.8, 4) is 0 Å². The quantitative estimate of drug-likeness (QED) is 0.206. The highest BCUT2D eigenvalue weighted by Crippen LogP contribution is 2.25. The number of carbonyl (C=O) groups excluding carboxylic acids is 2. The first-order valence-corrected chi connectivity index (χ1v) is 9.64.